The molecule has 4 nitrogen and oxygen atoms in total. The number of hydrogen-bond acceptors (Lipinski definition) is 3. The van der Waals surface area contributed by atoms with Crippen molar-refractivity contribution in [3.63, 3.8) is 0 Å². The van der Waals surface area contributed by atoms with E-state index in [-0.39, 0.29) is 12.0 Å². The molecule has 3 unspecified atom stereocenters. The molecule has 1 amide bonds. The largest absolute Gasteiger partial charge is 0.335 e. The summed E-state index contributed by atoms with van der Waals surface area (Å²) in [6.07, 6.45) is 5.84. The molecule has 0 radical (unpaired) electrons. The quantitative estimate of drug-likeness (QED) is 0.877. The van der Waals surface area contributed by atoms with Crippen molar-refractivity contribution < 1.29 is 4.79 Å². The highest BCUT2D eigenvalue weighted by Crippen LogP contribution is 2.34. The second kappa shape index (κ2) is 5.29. The second-order valence-corrected chi connectivity index (χ2v) is 5.72. The van der Waals surface area contributed by atoms with Crippen molar-refractivity contribution in [2.24, 2.45) is 11.8 Å². The monoisotopic (exact) mass is 259 g/mol. The summed E-state index contributed by atoms with van der Waals surface area (Å²) in [7, 11) is 0. The lowest BCUT2D eigenvalue weighted by Gasteiger charge is -2.28. The van der Waals surface area contributed by atoms with Crippen molar-refractivity contribution in [3.05, 3.63) is 30.1 Å². The summed E-state index contributed by atoms with van der Waals surface area (Å²) in [5.74, 6) is 0.920. The minimum absolute atomic E-state index is 0.150. The van der Waals surface area contributed by atoms with E-state index in [9.17, 15) is 4.79 Å². The van der Waals surface area contributed by atoms with E-state index in [0.29, 0.717) is 11.8 Å². The number of nitrogens with one attached hydrogen (secondary N) is 1. The Bertz CT molecular complexity index is 448. The Labute approximate surface area is 114 Å². The first kappa shape index (κ1) is 12.6. The van der Waals surface area contributed by atoms with E-state index < -0.39 is 0 Å². The van der Waals surface area contributed by atoms with Gasteiger partial charge in [0.1, 0.15) is 0 Å². The predicted octanol–water partition coefficient (Wildman–Crippen LogP) is 1.60. The lowest BCUT2D eigenvalue weighted by Crippen LogP contribution is -2.38. The standard InChI is InChI=1S/C15H21N3O/c1-11-8-17-10-13(11)15(19)18-7-3-5-14(18)12-4-2-6-16-9-12/h2,4,6,9,11,13-14,17H,3,5,7-8,10H2,1H3. The van der Waals surface area contributed by atoms with Crippen LogP contribution in [0.4, 0.5) is 0 Å². The summed E-state index contributed by atoms with van der Waals surface area (Å²) in [5, 5.41) is 3.32. The molecule has 1 N–H and O–H groups in total. The molecular weight excluding hydrogens is 238 g/mol. The van der Waals surface area contributed by atoms with Gasteiger partial charge in [-0.2, -0.15) is 0 Å². The van der Waals surface area contributed by atoms with Gasteiger partial charge in [-0.05, 0) is 36.9 Å². The molecule has 1 aromatic rings. The Morgan fingerprint density at radius 2 is 2.37 bits per heavy atom. The smallest absolute Gasteiger partial charge is 0.227 e. The Kier molecular flexibility index (Phi) is 3.51. The number of carbonyl (C=O) groups excluding carboxylic acids is 1. The average molecular weight is 259 g/mol. The van der Waals surface area contributed by atoms with Crippen LogP contribution in [0.25, 0.3) is 0 Å². The van der Waals surface area contributed by atoms with Crippen molar-refractivity contribution in [1.29, 1.82) is 0 Å². The highest BCUT2D eigenvalue weighted by molar-refractivity contribution is 5.80. The van der Waals surface area contributed by atoms with E-state index in [1.807, 2.05) is 12.3 Å². The van der Waals surface area contributed by atoms with E-state index in [0.717, 1.165) is 32.5 Å². The molecule has 2 fully saturated rings. The number of amides is 1. The maximum atomic E-state index is 12.7. The van der Waals surface area contributed by atoms with Gasteiger partial charge in [0.25, 0.3) is 0 Å². The molecular formula is C15H21N3O. The molecule has 2 aliphatic rings. The van der Waals surface area contributed by atoms with Gasteiger partial charge in [0.15, 0.2) is 0 Å². The Hall–Kier alpha value is -1.42. The zero-order chi connectivity index (χ0) is 13.2. The number of aromatic nitrogens is 1. The molecule has 0 spiro atoms. The van der Waals surface area contributed by atoms with Gasteiger partial charge >= 0.3 is 0 Å². The number of pyridine rings is 1. The third kappa shape index (κ3) is 2.37. The van der Waals surface area contributed by atoms with Gasteiger partial charge in [-0.3, -0.25) is 9.78 Å². The van der Waals surface area contributed by atoms with Crippen molar-refractivity contribution in [1.82, 2.24) is 15.2 Å². The predicted molar refractivity (Wildman–Crippen MR) is 73.4 cm³/mol. The molecule has 3 heterocycles. The lowest BCUT2D eigenvalue weighted by molar-refractivity contribution is -0.137. The van der Waals surface area contributed by atoms with Crippen LogP contribution in [0.1, 0.15) is 31.4 Å². The summed E-state index contributed by atoms with van der Waals surface area (Å²) in [4.78, 5) is 19.0. The molecule has 0 saturated carbocycles. The third-order valence-electron chi connectivity index (χ3n) is 4.44. The molecule has 3 rings (SSSR count). The highest BCUT2D eigenvalue weighted by atomic mass is 16.2. The van der Waals surface area contributed by atoms with Crippen molar-refractivity contribution in [3.8, 4) is 0 Å². The van der Waals surface area contributed by atoms with Crippen LogP contribution in [0.15, 0.2) is 24.5 Å². The SMILES string of the molecule is CC1CNCC1C(=O)N1CCCC1c1cccnc1. The Morgan fingerprint density at radius 1 is 1.47 bits per heavy atom. The van der Waals surface area contributed by atoms with Gasteiger partial charge in [0.2, 0.25) is 5.91 Å². The number of carbonyl (C=O) groups is 1. The molecule has 2 aliphatic heterocycles. The zero-order valence-electron chi connectivity index (χ0n) is 11.4. The summed E-state index contributed by atoms with van der Waals surface area (Å²) in [6, 6.07) is 4.27. The van der Waals surface area contributed by atoms with E-state index in [4.69, 9.17) is 0 Å². The maximum Gasteiger partial charge on any atom is 0.227 e. The fraction of sp³-hybridized carbons (Fsp3) is 0.600. The van der Waals surface area contributed by atoms with Gasteiger partial charge in [0.05, 0.1) is 12.0 Å². The fourth-order valence-corrected chi connectivity index (χ4v) is 3.30. The van der Waals surface area contributed by atoms with Gasteiger partial charge in [-0.25, -0.2) is 0 Å². The number of nitrogens with zero attached hydrogens (tertiary/aromatic N) is 2. The molecule has 2 saturated heterocycles. The van der Waals surface area contributed by atoms with Crippen molar-refractivity contribution in [2.75, 3.05) is 19.6 Å². The molecule has 3 atom stereocenters. The third-order valence-corrected chi connectivity index (χ3v) is 4.44. The van der Waals surface area contributed by atoms with Crippen LogP contribution in [0, 0.1) is 11.8 Å². The molecule has 4 heteroatoms. The zero-order valence-corrected chi connectivity index (χ0v) is 11.4. The average Bonchev–Trinajstić information content (AvgIpc) is 3.07. The molecule has 0 aromatic carbocycles. The first-order valence-corrected chi connectivity index (χ1v) is 7.18. The van der Waals surface area contributed by atoms with Crippen LogP contribution >= 0.6 is 0 Å². The van der Waals surface area contributed by atoms with E-state index in [2.05, 4.69) is 28.2 Å². The number of rotatable bonds is 2. The molecule has 19 heavy (non-hydrogen) atoms. The number of hydrogen-bond donors (Lipinski definition) is 1. The van der Waals surface area contributed by atoms with E-state index in [1.54, 1.807) is 6.20 Å². The van der Waals surface area contributed by atoms with Crippen LogP contribution in [0.5, 0.6) is 0 Å². The molecule has 0 aliphatic carbocycles. The summed E-state index contributed by atoms with van der Waals surface area (Å²) < 4.78 is 0. The Morgan fingerprint density at radius 3 is 3.05 bits per heavy atom. The normalized spacial score (nSPS) is 30.8. The van der Waals surface area contributed by atoms with Crippen LogP contribution in [-0.2, 0) is 4.79 Å². The van der Waals surface area contributed by atoms with Crippen LogP contribution in [0.3, 0.4) is 0 Å². The van der Waals surface area contributed by atoms with Crippen LogP contribution in [0.2, 0.25) is 0 Å². The fourth-order valence-electron chi connectivity index (χ4n) is 3.30. The first-order chi connectivity index (χ1) is 9.27. The molecule has 0 bridgehead atoms. The summed E-state index contributed by atoms with van der Waals surface area (Å²) in [5.41, 5.74) is 1.17. The highest BCUT2D eigenvalue weighted by Gasteiger charge is 2.37. The minimum atomic E-state index is 0.150. The van der Waals surface area contributed by atoms with Gasteiger partial charge in [-0.1, -0.05) is 13.0 Å². The minimum Gasteiger partial charge on any atom is -0.335 e. The lowest BCUT2D eigenvalue weighted by atomic mass is 9.95. The maximum absolute atomic E-state index is 12.7. The summed E-state index contributed by atoms with van der Waals surface area (Å²) >= 11 is 0. The van der Waals surface area contributed by atoms with E-state index >= 15 is 0 Å². The Balaban J connectivity index is 1.78. The van der Waals surface area contributed by atoms with Crippen molar-refractivity contribution in [2.45, 2.75) is 25.8 Å². The van der Waals surface area contributed by atoms with Crippen molar-refractivity contribution >= 4 is 5.91 Å². The van der Waals surface area contributed by atoms with Crippen LogP contribution < -0.4 is 5.32 Å². The van der Waals surface area contributed by atoms with Gasteiger partial charge in [0, 0.05) is 25.5 Å². The topological polar surface area (TPSA) is 45.2 Å². The first-order valence-electron chi connectivity index (χ1n) is 7.18. The van der Waals surface area contributed by atoms with E-state index in [1.165, 1.54) is 5.56 Å². The second-order valence-electron chi connectivity index (χ2n) is 5.72. The molecule has 102 valence electrons. The van der Waals surface area contributed by atoms with Gasteiger partial charge < -0.3 is 10.2 Å². The molecule has 1 aromatic heterocycles. The number of likely N-dealkylation sites (tertiary alicyclic amines) is 1. The van der Waals surface area contributed by atoms with Crippen LogP contribution in [-0.4, -0.2) is 35.4 Å². The summed E-state index contributed by atoms with van der Waals surface area (Å²) in [6.45, 7) is 4.84. The van der Waals surface area contributed by atoms with Gasteiger partial charge in [-0.15, -0.1) is 0 Å².